The summed E-state index contributed by atoms with van der Waals surface area (Å²) in [6.07, 6.45) is 0. The Balaban J connectivity index is 2.18. The van der Waals surface area contributed by atoms with E-state index in [1.165, 1.54) is 6.07 Å². The van der Waals surface area contributed by atoms with E-state index in [0.717, 1.165) is 22.4 Å². The van der Waals surface area contributed by atoms with Crippen LogP contribution in [0.1, 0.15) is 16.7 Å². The molecule has 100 valence electrons. The third kappa shape index (κ3) is 3.25. The highest BCUT2D eigenvalue weighted by Crippen LogP contribution is 2.24. The summed E-state index contributed by atoms with van der Waals surface area (Å²) in [5.41, 5.74) is 2.99. The summed E-state index contributed by atoms with van der Waals surface area (Å²) in [5.74, 6) is 0.666. The average Bonchev–Trinajstić information content (AvgIpc) is 2.40. The minimum atomic E-state index is -0.350. The van der Waals surface area contributed by atoms with Crippen LogP contribution in [-0.4, -0.2) is 7.11 Å². The number of aryl methyl sites for hydroxylation is 2. The number of hydrogen-bond acceptors (Lipinski definition) is 2. The Kier molecular flexibility index (Phi) is 4.05. The molecule has 0 spiro atoms. The van der Waals surface area contributed by atoms with Gasteiger partial charge in [0.15, 0.2) is 11.6 Å². The maximum Gasteiger partial charge on any atom is 0.165 e. The van der Waals surface area contributed by atoms with Crippen LogP contribution in [0.2, 0.25) is 0 Å². The second-order valence-corrected chi connectivity index (χ2v) is 4.54. The zero-order chi connectivity index (χ0) is 13.8. The molecule has 0 aliphatic carbocycles. The first kappa shape index (κ1) is 13.4. The Morgan fingerprint density at radius 3 is 2.37 bits per heavy atom. The lowest BCUT2D eigenvalue weighted by Crippen LogP contribution is -2.00. The Hall–Kier alpha value is -2.03. The van der Waals surface area contributed by atoms with Crippen molar-refractivity contribution in [2.24, 2.45) is 0 Å². The zero-order valence-corrected chi connectivity index (χ0v) is 11.4. The summed E-state index contributed by atoms with van der Waals surface area (Å²) < 4.78 is 24.4. The molecule has 2 aromatic carbocycles. The van der Waals surface area contributed by atoms with Crippen molar-refractivity contribution >= 4 is 0 Å². The first-order chi connectivity index (χ1) is 9.10. The van der Waals surface area contributed by atoms with Crippen LogP contribution in [0.4, 0.5) is 4.39 Å². The number of ether oxygens (including phenoxy) is 2. The van der Waals surface area contributed by atoms with Crippen LogP contribution in [0.15, 0.2) is 36.4 Å². The molecule has 0 aromatic heterocycles. The van der Waals surface area contributed by atoms with Crippen molar-refractivity contribution in [2.45, 2.75) is 20.5 Å². The summed E-state index contributed by atoms with van der Waals surface area (Å²) in [6.45, 7) is 4.18. The fourth-order valence-corrected chi connectivity index (χ4v) is 1.90. The fourth-order valence-electron chi connectivity index (χ4n) is 1.90. The predicted molar refractivity (Wildman–Crippen MR) is 73.2 cm³/mol. The van der Waals surface area contributed by atoms with Gasteiger partial charge in [0, 0.05) is 5.56 Å². The summed E-state index contributed by atoms with van der Waals surface area (Å²) in [7, 11) is 1.61. The van der Waals surface area contributed by atoms with E-state index in [4.69, 9.17) is 9.47 Å². The molecule has 19 heavy (non-hydrogen) atoms. The van der Waals surface area contributed by atoms with Crippen LogP contribution >= 0.6 is 0 Å². The maximum atomic E-state index is 13.6. The van der Waals surface area contributed by atoms with Gasteiger partial charge in [-0.25, -0.2) is 4.39 Å². The van der Waals surface area contributed by atoms with Gasteiger partial charge >= 0.3 is 0 Å². The molecule has 0 aliphatic rings. The summed E-state index contributed by atoms with van der Waals surface area (Å²) in [4.78, 5) is 0. The van der Waals surface area contributed by atoms with Gasteiger partial charge in [0.2, 0.25) is 0 Å². The minimum Gasteiger partial charge on any atom is -0.496 e. The highest BCUT2D eigenvalue weighted by atomic mass is 19.1. The molecular weight excluding hydrogens is 243 g/mol. The molecule has 0 amide bonds. The van der Waals surface area contributed by atoms with Crippen molar-refractivity contribution in [3.8, 4) is 11.5 Å². The fraction of sp³-hybridized carbons (Fsp3) is 0.250. The van der Waals surface area contributed by atoms with E-state index in [-0.39, 0.29) is 18.2 Å². The van der Waals surface area contributed by atoms with Crippen molar-refractivity contribution in [3.05, 3.63) is 58.9 Å². The smallest absolute Gasteiger partial charge is 0.165 e. The first-order valence-electron chi connectivity index (χ1n) is 6.12. The SMILES string of the molecule is COc1ccc(C)cc1COc1cc(C)ccc1F. The second-order valence-electron chi connectivity index (χ2n) is 4.54. The summed E-state index contributed by atoms with van der Waals surface area (Å²) in [6, 6.07) is 10.7. The second kappa shape index (κ2) is 5.74. The monoisotopic (exact) mass is 260 g/mol. The Morgan fingerprint density at radius 1 is 0.947 bits per heavy atom. The Morgan fingerprint density at radius 2 is 1.63 bits per heavy atom. The number of hydrogen-bond donors (Lipinski definition) is 0. The Bertz CT molecular complexity index is 579. The quantitative estimate of drug-likeness (QED) is 0.826. The Labute approximate surface area is 112 Å². The molecule has 3 heteroatoms. The predicted octanol–water partition coefficient (Wildman–Crippen LogP) is 4.03. The van der Waals surface area contributed by atoms with Crippen molar-refractivity contribution in [1.82, 2.24) is 0 Å². The highest BCUT2D eigenvalue weighted by molar-refractivity contribution is 5.37. The van der Waals surface area contributed by atoms with Crippen LogP contribution in [0.5, 0.6) is 11.5 Å². The molecule has 0 heterocycles. The first-order valence-corrected chi connectivity index (χ1v) is 6.12. The highest BCUT2D eigenvalue weighted by Gasteiger charge is 2.07. The average molecular weight is 260 g/mol. The molecule has 0 atom stereocenters. The number of benzene rings is 2. The van der Waals surface area contributed by atoms with Gasteiger partial charge in [-0.15, -0.1) is 0 Å². The molecular formula is C16H17FO2. The summed E-state index contributed by atoms with van der Waals surface area (Å²) >= 11 is 0. The van der Waals surface area contributed by atoms with E-state index in [2.05, 4.69) is 0 Å². The maximum absolute atomic E-state index is 13.6. The molecule has 0 bridgehead atoms. The van der Waals surface area contributed by atoms with Crippen molar-refractivity contribution in [1.29, 1.82) is 0 Å². The van der Waals surface area contributed by atoms with E-state index >= 15 is 0 Å². The zero-order valence-electron chi connectivity index (χ0n) is 11.4. The van der Waals surface area contributed by atoms with E-state index in [0.29, 0.717) is 0 Å². The molecule has 0 N–H and O–H groups in total. The minimum absolute atomic E-state index is 0.267. The molecule has 0 unspecified atom stereocenters. The molecule has 2 nitrogen and oxygen atoms in total. The number of methoxy groups -OCH3 is 1. The number of rotatable bonds is 4. The van der Waals surface area contributed by atoms with Gasteiger partial charge in [-0.3, -0.25) is 0 Å². The lowest BCUT2D eigenvalue weighted by molar-refractivity contribution is 0.282. The van der Waals surface area contributed by atoms with Gasteiger partial charge in [-0.2, -0.15) is 0 Å². The molecule has 2 rings (SSSR count). The summed E-state index contributed by atoms with van der Waals surface area (Å²) in [5, 5.41) is 0. The van der Waals surface area contributed by atoms with Gasteiger partial charge in [-0.05, 0) is 43.7 Å². The van der Waals surface area contributed by atoms with Gasteiger partial charge in [0.1, 0.15) is 12.4 Å². The molecule has 0 saturated carbocycles. The van der Waals surface area contributed by atoms with Crippen LogP contribution in [0.3, 0.4) is 0 Å². The third-order valence-electron chi connectivity index (χ3n) is 2.91. The standard InChI is InChI=1S/C16H17FO2/c1-11-5-7-15(18-3)13(8-11)10-19-16-9-12(2)4-6-14(16)17/h4-9H,10H2,1-3H3. The molecule has 0 saturated heterocycles. The largest absolute Gasteiger partial charge is 0.496 e. The van der Waals surface area contributed by atoms with E-state index in [1.807, 2.05) is 32.0 Å². The number of halogens is 1. The van der Waals surface area contributed by atoms with E-state index in [9.17, 15) is 4.39 Å². The van der Waals surface area contributed by atoms with Crippen LogP contribution in [0.25, 0.3) is 0 Å². The molecule has 0 radical (unpaired) electrons. The molecule has 0 fully saturated rings. The van der Waals surface area contributed by atoms with Crippen molar-refractivity contribution in [2.75, 3.05) is 7.11 Å². The van der Waals surface area contributed by atoms with Gasteiger partial charge in [-0.1, -0.05) is 17.7 Å². The molecule has 0 aliphatic heterocycles. The van der Waals surface area contributed by atoms with Crippen molar-refractivity contribution in [3.63, 3.8) is 0 Å². The van der Waals surface area contributed by atoms with Crippen LogP contribution < -0.4 is 9.47 Å². The van der Waals surface area contributed by atoms with Crippen LogP contribution in [0, 0.1) is 19.7 Å². The normalized spacial score (nSPS) is 10.3. The molecule has 2 aromatic rings. The lowest BCUT2D eigenvalue weighted by atomic mass is 10.1. The van der Waals surface area contributed by atoms with E-state index < -0.39 is 0 Å². The van der Waals surface area contributed by atoms with Crippen LogP contribution in [-0.2, 0) is 6.61 Å². The topological polar surface area (TPSA) is 18.5 Å². The lowest BCUT2D eigenvalue weighted by Gasteiger charge is -2.12. The van der Waals surface area contributed by atoms with Gasteiger partial charge in [0.05, 0.1) is 7.11 Å². The van der Waals surface area contributed by atoms with Crippen molar-refractivity contribution < 1.29 is 13.9 Å². The van der Waals surface area contributed by atoms with E-state index in [1.54, 1.807) is 19.2 Å². The van der Waals surface area contributed by atoms with Gasteiger partial charge < -0.3 is 9.47 Å². The third-order valence-corrected chi connectivity index (χ3v) is 2.91. The van der Waals surface area contributed by atoms with Gasteiger partial charge in [0.25, 0.3) is 0 Å².